The van der Waals surface area contributed by atoms with Crippen LogP contribution in [-0.2, 0) is 13.0 Å². The van der Waals surface area contributed by atoms with Crippen molar-refractivity contribution in [3.63, 3.8) is 0 Å². The van der Waals surface area contributed by atoms with Gasteiger partial charge in [-0.15, -0.1) is 0 Å². The zero-order chi connectivity index (χ0) is 12.1. The lowest BCUT2D eigenvalue weighted by Crippen LogP contribution is -2.07. The van der Waals surface area contributed by atoms with Gasteiger partial charge in [0.1, 0.15) is 12.2 Å². The molecule has 3 nitrogen and oxygen atoms in total. The molecule has 0 fully saturated rings. The molecule has 0 radical (unpaired) electrons. The maximum absolute atomic E-state index is 5.86. The smallest absolute Gasteiger partial charge is 0.138 e. The third kappa shape index (κ3) is 3.48. The molecular weight excluding hydrogens is 254 g/mol. The molecule has 0 amide bonds. The average molecular weight is 268 g/mol. The maximum atomic E-state index is 5.86. The van der Waals surface area contributed by atoms with E-state index >= 15 is 0 Å². The number of hydrogen-bond donors (Lipinski definition) is 0. The standard InChI is InChI=1S/C12H14ClN3S/c1-17-7-6-12-14-9-15-16(12)8-10-2-4-11(13)5-3-10/h2-5,9H,6-8H2,1H3. The molecule has 0 aliphatic carbocycles. The summed E-state index contributed by atoms with van der Waals surface area (Å²) in [6.07, 6.45) is 4.67. The summed E-state index contributed by atoms with van der Waals surface area (Å²) in [6.45, 7) is 0.751. The lowest BCUT2D eigenvalue weighted by Gasteiger charge is -2.05. The monoisotopic (exact) mass is 267 g/mol. The first-order valence-corrected chi connectivity index (χ1v) is 7.17. The van der Waals surface area contributed by atoms with Crippen LogP contribution >= 0.6 is 23.4 Å². The van der Waals surface area contributed by atoms with Crippen molar-refractivity contribution in [2.24, 2.45) is 0 Å². The molecule has 0 bridgehead atoms. The number of aryl methyl sites for hydroxylation is 1. The molecule has 0 spiro atoms. The van der Waals surface area contributed by atoms with Crippen molar-refractivity contribution >= 4 is 23.4 Å². The maximum Gasteiger partial charge on any atom is 0.138 e. The van der Waals surface area contributed by atoms with Gasteiger partial charge < -0.3 is 0 Å². The summed E-state index contributed by atoms with van der Waals surface area (Å²) >= 11 is 7.67. The number of benzene rings is 1. The fourth-order valence-electron chi connectivity index (χ4n) is 1.57. The Morgan fingerprint density at radius 3 is 2.76 bits per heavy atom. The molecular formula is C12H14ClN3S. The summed E-state index contributed by atoms with van der Waals surface area (Å²) in [4.78, 5) is 4.28. The zero-order valence-electron chi connectivity index (χ0n) is 9.64. The Hall–Kier alpha value is -1.00. The number of halogens is 1. The van der Waals surface area contributed by atoms with Gasteiger partial charge in [-0.25, -0.2) is 9.67 Å². The van der Waals surface area contributed by atoms with Crippen LogP contribution in [0, 0.1) is 0 Å². The van der Waals surface area contributed by atoms with Crippen molar-refractivity contribution in [2.45, 2.75) is 13.0 Å². The van der Waals surface area contributed by atoms with Gasteiger partial charge >= 0.3 is 0 Å². The predicted molar refractivity (Wildman–Crippen MR) is 72.7 cm³/mol. The van der Waals surface area contributed by atoms with E-state index in [1.54, 1.807) is 6.33 Å². The molecule has 0 saturated carbocycles. The first-order valence-electron chi connectivity index (χ1n) is 5.39. The van der Waals surface area contributed by atoms with E-state index in [1.165, 1.54) is 5.56 Å². The molecule has 2 rings (SSSR count). The quantitative estimate of drug-likeness (QED) is 0.835. The molecule has 0 aliphatic heterocycles. The van der Waals surface area contributed by atoms with Crippen molar-refractivity contribution in [1.29, 1.82) is 0 Å². The summed E-state index contributed by atoms with van der Waals surface area (Å²) < 4.78 is 1.94. The van der Waals surface area contributed by atoms with E-state index in [0.717, 1.165) is 29.6 Å². The lowest BCUT2D eigenvalue weighted by atomic mass is 10.2. The predicted octanol–water partition coefficient (Wildman–Crippen LogP) is 2.89. The Morgan fingerprint density at radius 1 is 1.29 bits per heavy atom. The van der Waals surface area contributed by atoms with E-state index < -0.39 is 0 Å². The number of thioether (sulfide) groups is 1. The van der Waals surface area contributed by atoms with E-state index in [-0.39, 0.29) is 0 Å². The normalized spacial score (nSPS) is 10.7. The Morgan fingerprint density at radius 2 is 2.06 bits per heavy atom. The van der Waals surface area contributed by atoms with Crippen molar-refractivity contribution < 1.29 is 0 Å². The Balaban J connectivity index is 2.07. The van der Waals surface area contributed by atoms with Gasteiger partial charge in [0.15, 0.2) is 0 Å². The lowest BCUT2D eigenvalue weighted by molar-refractivity contribution is 0.644. The molecule has 0 saturated heterocycles. The second kappa shape index (κ2) is 6.07. The molecule has 1 aromatic carbocycles. The van der Waals surface area contributed by atoms with Crippen molar-refractivity contribution in [1.82, 2.24) is 14.8 Å². The summed E-state index contributed by atoms with van der Waals surface area (Å²) in [5.41, 5.74) is 1.19. The molecule has 0 atom stereocenters. The van der Waals surface area contributed by atoms with Gasteiger partial charge in [0, 0.05) is 17.2 Å². The highest BCUT2D eigenvalue weighted by Crippen LogP contribution is 2.11. The first-order chi connectivity index (χ1) is 8.29. The van der Waals surface area contributed by atoms with E-state index in [1.807, 2.05) is 40.7 Å². The van der Waals surface area contributed by atoms with Crippen LogP contribution in [0.2, 0.25) is 5.02 Å². The molecule has 2 aromatic rings. The highest BCUT2D eigenvalue weighted by atomic mass is 35.5. The molecule has 17 heavy (non-hydrogen) atoms. The van der Waals surface area contributed by atoms with Gasteiger partial charge in [-0.1, -0.05) is 23.7 Å². The summed E-state index contributed by atoms with van der Waals surface area (Å²) in [5.74, 6) is 2.11. The molecule has 90 valence electrons. The van der Waals surface area contributed by atoms with Crippen LogP contribution in [0.15, 0.2) is 30.6 Å². The fraction of sp³-hybridized carbons (Fsp3) is 0.333. The zero-order valence-corrected chi connectivity index (χ0v) is 11.2. The molecule has 1 aromatic heterocycles. The van der Waals surface area contributed by atoms with Crippen LogP contribution in [0.25, 0.3) is 0 Å². The number of rotatable bonds is 5. The molecule has 5 heteroatoms. The van der Waals surface area contributed by atoms with Crippen LogP contribution in [-0.4, -0.2) is 26.8 Å². The minimum absolute atomic E-state index is 0.751. The van der Waals surface area contributed by atoms with Crippen LogP contribution in [0.4, 0.5) is 0 Å². The van der Waals surface area contributed by atoms with E-state index in [4.69, 9.17) is 11.6 Å². The highest BCUT2D eigenvalue weighted by Gasteiger charge is 2.04. The third-order valence-electron chi connectivity index (χ3n) is 2.47. The van der Waals surface area contributed by atoms with Crippen molar-refractivity contribution in [3.05, 3.63) is 47.0 Å². The minimum atomic E-state index is 0.751. The fourth-order valence-corrected chi connectivity index (χ4v) is 2.08. The Kier molecular flexibility index (Phi) is 4.45. The topological polar surface area (TPSA) is 30.7 Å². The van der Waals surface area contributed by atoms with Gasteiger partial charge in [0.25, 0.3) is 0 Å². The van der Waals surface area contributed by atoms with Crippen molar-refractivity contribution in [2.75, 3.05) is 12.0 Å². The molecule has 0 aliphatic rings. The van der Waals surface area contributed by atoms with E-state index in [0.29, 0.717) is 0 Å². The van der Waals surface area contributed by atoms with Gasteiger partial charge in [0.2, 0.25) is 0 Å². The molecule has 1 heterocycles. The highest BCUT2D eigenvalue weighted by molar-refractivity contribution is 7.98. The van der Waals surface area contributed by atoms with E-state index in [2.05, 4.69) is 16.3 Å². The van der Waals surface area contributed by atoms with Crippen LogP contribution < -0.4 is 0 Å². The van der Waals surface area contributed by atoms with Gasteiger partial charge in [-0.05, 0) is 24.0 Å². The van der Waals surface area contributed by atoms with Crippen LogP contribution in [0.5, 0.6) is 0 Å². The molecule has 0 N–H and O–H groups in total. The first kappa shape index (κ1) is 12.5. The minimum Gasteiger partial charge on any atom is -0.246 e. The summed E-state index contributed by atoms with van der Waals surface area (Å²) in [7, 11) is 0. The Bertz CT molecular complexity index is 467. The van der Waals surface area contributed by atoms with Gasteiger partial charge in [0.05, 0.1) is 6.54 Å². The molecule has 0 unspecified atom stereocenters. The van der Waals surface area contributed by atoms with Crippen LogP contribution in [0.3, 0.4) is 0 Å². The van der Waals surface area contributed by atoms with Crippen molar-refractivity contribution in [3.8, 4) is 0 Å². The van der Waals surface area contributed by atoms with Crippen LogP contribution in [0.1, 0.15) is 11.4 Å². The average Bonchev–Trinajstić information content (AvgIpc) is 2.77. The SMILES string of the molecule is CSCCc1ncnn1Cc1ccc(Cl)cc1. The third-order valence-corrected chi connectivity index (χ3v) is 3.34. The number of nitrogens with zero attached hydrogens (tertiary/aromatic N) is 3. The number of aromatic nitrogens is 3. The Labute approximate surface area is 110 Å². The second-order valence-corrected chi connectivity index (χ2v) is 5.13. The summed E-state index contributed by atoms with van der Waals surface area (Å²) in [5, 5.41) is 5.01. The number of hydrogen-bond acceptors (Lipinski definition) is 3. The largest absolute Gasteiger partial charge is 0.246 e. The second-order valence-electron chi connectivity index (χ2n) is 3.70. The van der Waals surface area contributed by atoms with Gasteiger partial charge in [-0.2, -0.15) is 16.9 Å². The van der Waals surface area contributed by atoms with E-state index in [9.17, 15) is 0 Å². The van der Waals surface area contributed by atoms with Gasteiger partial charge in [-0.3, -0.25) is 0 Å². The summed E-state index contributed by atoms with van der Waals surface area (Å²) in [6, 6.07) is 7.83.